The van der Waals surface area contributed by atoms with E-state index < -0.39 is 0 Å². The Bertz CT molecular complexity index is 376. The molecule has 0 spiro atoms. The van der Waals surface area contributed by atoms with Crippen LogP contribution in [-0.2, 0) is 9.59 Å². The van der Waals surface area contributed by atoms with Crippen LogP contribution < -0.4 is 0 Å². The number of hydrogen-bond donors (Lipinski definition) is 0. The van der Waals surface area contributed by atoms with E-state index in [2.05, 4.69) is 5.92 Å². The zero-order chi connectivity index (χ0) is 10.8. The average Bonchev–Trinajstić information content (AvgIpc) is 2.60. The van der Waals surface area contributed by atoms with Gasteiger partial charge in [-0.05, 0) is 12.8 Å². The molecule has 2 aliphatic rings. The second-order valence-corrected chi connectivity index (χ2v) is 4.03. The van der Waals surface area contributed by atoms with E-state index in [0.29, 0.717) is 19.4 Å². The van der Waals surface area contributed by atoms with Crippen molar-refractivity contribution in [2.75, 3.05) is 6.54 Å². The Morgan fingerprint density at radius 3 is 2.80 bits per heavy atom. The first-order chi connectivity index (χ1) is 7.20. The van der Waals surface area contributed by atoms with Gasteiger partial charge in [0.05, 0.1) is 0 Å². The summed E-state index contributed by atoms with van der Waals surface area (Å²) in [6.07, 6.45) is 9.57. The van der Waals surface area contributed by atoms with E-state index >= 15 is 0 Å². The molecule has 0 aromatic rings. The lowest BCUT2D eigenvalue weighted by Crippen LogP contribution is -2.26. The highest BCUT2D eigenvalue weighted by atomic mass is 16.2. The molecule has 2 rings (SSSR count). The molecule has 0 bridgehead atoms. The third-order valence-electron chi connectivity index (χ3n) is 2.89. The van der Waals surface area contributed by atoms with E-state index in [0.717, 1.165) is 18.5 Å². The zero-order valence-electron chi connectivity index (χ0n) is 8.53. The molecule has 0 aromatic carbocycles. The molecule has 1 atom stereocenters. The number of terminal acetylenes is 1. The number of allylic oxidation sites excluding steroid dienone is 2. The maximum atomic E-state index is 11.6. The molecule has 0 aromatic heterocycles. The van der Waals surface area contributed by atoms with Gasteiger partial charge in [0.1, 0.15) is 0 Å². The fourth-order valence-corrected chi connectivity index (χ4v) is 2.08. The van der Waals surface area contributed by atoms with Crippen molar-refractivity contribution in [2.24, 2.45) is 5.92 Å². The zero-order valence-corrected chi connectivity index (χ0v) is 8.53. The molecule has 78 valence electrons. The summed E-state index contributed by atoms with van der Waals surface area (Å²) in [4.78, 5) is 24.5. The summed E-state index contributed by atoms with van der Waals surface area (Å²) in [5.74, 6) is 2.78. The SMILES string of the molecule is C#CC1CC(=O)N(C2=CC(=O)CCC2)C1. The fourth-order valence-electron chi connectivity index (χ4n) is 2.08. The molecule has 3 heteroatoms. The molecule has 15 heavy (non-hydrogen) atoms. The standard InChI is InChI=1S/C12H13NO2/c1-2-9-6-12(15)13(8-9)10-4-3-5-11(14)7-10/h1,7,9H,3-6,8H2. The molecular formula is C12H13NO2. The van der Waals surface area contributed by atoms with Gasteiger partial charge in [-0.3, -0.25) is 9.59 Å². The highest BCUT2D eigenvalue weighted by Crippen LogP contribution is 2.26. The number of nitrogens with zero attached hydrogens (tertiary/aromatic N) is 1. The fraction of sp³-hybridized carbons (Fsp3) is 0.500. The molecule has 0 radical (unpaired) electrons. The monoisotopic (exact) mass is 203 g/mol. The van der Waals surface area contributed by atoms with E-state index in [9.17, 15) is 9.59 Å². The van der Waals surface area contributed by atoms with Gasteiger partial charge in [-0.2, -0.15) is 0 Å². The minimum atomic E-state index is 0.00966. The van der Waals surface area contributed by atoms with Crippen molar-refractivity contribution in [1.29, 1.82) is 0 Å². The largest absolute Gasteiger partial charge is 0.315 e. The van der Waals surface area contributed by atoms with Crippen molar-refractivity contribution in [3.8, 4) is 12.3 Å². The molecule has 1 amide bonds. The van der Waals surface area contributed by atoms with Crippen LogP contribution in [0, 0.1) is 18.3 Å². The van der Waals surface area contributed by atoms with E-state index in [1.807, 2.05) is 0 Å². The van der Waals surface area contributed by atoms with Gasteiger partial charge in [0.15, 0.2) is 5.78 Å². The summed E-state index contributed by atoms with van der Waals surface area (Å²) in [5.41, 5.74) is 0.856. The van der Waals surface area contributed by atoms with Crippen LogP contribution in [0.1, 0.15) is 25.7 Å². The van der Waals surface area contributed by atoms with Crippen LogP contribution in [0.25, 0.3) is 0 Å². The van der Waals surface area contributed by atoms with Gasteiger partial charge in [0, 0.05) is 37.1 Å². The second kappa shape index (κ2) is 3.90. The molecule has 1 aliphatic heterocycles. The normalized spacial score (nSPS) is 26.5. The predicted octanol–water partition coefficient (Wildman–Crippen LogP) is 1.10. The Hall–Kier alpha value is -1.56. The van der Waals surface area contributed by atoms with Crippen LogP contribution in [0.2, 0.25) is 0 Å². The predicted molar refractivity (Wildman–Crippen MR) is 55.6 cm³/mol. The topological polar surface area (TPSA) is 37.4 Å². The molecule has 3 nitrogen and oxygen atoms in total. The summed E-state index contributed by atoms with van der Waals surface area (Å²) in [7, 11) is 0. The van der Waals surface area contributed by atoms with E-state index in [-0.39, 0.29) is 17.6 Å². The minimum Gasteiger partial charge on any atom is -0.315 e. The van der Waals surface area contributed by atoms with Crippen molar-refractivity contribution in [3.63, 3.8) is 0 Å². The molecule has 0 N–H and O–H groups in total. The number of amides is 1. The molecule has 1 heterocycles. The van der Waals surface area contributed by atoms with E-state index in [1.54, 1.807) is 11.0 Å². The van der Waals surface area contributed by atoms with Gasteiger partial charge in [0.2, 0.25) is 5.91 Å². The number of rotatable bonds is 1. The molecule has 1 saturated heterocycles. The quantitative estimate of drug-likeness (QED) is 0.598. The molecule has 0 saturated carbocycles. The van der Waals surface area contributed by atoms with Gasteiger partial charge in [0.25, 0.3) is 0 Å². The molecule has 1 unspecified atom stereocenters. The lowest BCUT2D eigenvalue weighted by molar-refractivity contribution is -0.126. The maximum Gasteiger partial charge on any atom is 0.228 e. The van der Waals surface area contributed by atoms with Crippen molar-refractivity contribution in [1.82, 2.24) is 4.90 Å². The van der Waals surface area contributed by atoms with Crippen LogP contribution >= 0.6 is 0 Å². The lowest BCUT2D eigenvalue weighted by atomic mass is 10.0. The van der Waals surface area contributed by atoms with Gasteiger partial charge in [-0.15, -0.1) is 12.3 Å². The van der Waals surface area contributed by atoms with E-state index in [4.69, 9.17) is 6.42 Å². The van der Waals surface area contributed by atoms with Crippen LogP contribution in [0.3, 0.4) is 0 Å². The summed E-state index contributed by atoms with van der Waals surface area (Å²) < 4.78 is 0. The summed E-state index contributed by atoms with van der Waals surface area (Å²) in [5, 5.41) is 0. The van der Waals surface area contributed by atoms with Crippen LogP contribution in [0.15, 0.2) is 11.8 Å². The van der Waals surface area contributed by atoms with Crippen molar-refractivity contribution in [3.05, 3.63) is 11.8 Å². The van der Waals surface area contributed by atoms with Crippen LogP contribution in [0.5, 0.6) is 0 Å². The Balaban J connectivity index is 2.15. The summed E-state index contributed by atoms with van der Waals surface area (Å²) in [6.45, 7) is 0.578. The third-order valence-corrected chi connectivity index (χ3v) is 2.89. The number of carbonyl (C=O) groups is 2. The van der Waals surface area contributed by atoms with Crippen LogP contribution in [0.4, 0.5) is 0 Å². The number of likely N-dealkylation sites (tertiary alicyclic amines) is 1. The van der Waals surface area contributed by atoms with Crippen molar-refractivity contribution in [2.45, 2.75) is 25.7 Å². The Labute approximate surface area is 89.1 Å². The van der Waals surface area contributed by atoms with Gasteiger partial charge in [-0.25, -0.2) is 0 Å². The second-order valence-electron chi connectivity index (χ2n) is 4.03. The molecular weight excluding hydrogens is 190 g/mol. The molecule has 1 fully saturated rings. The summed E-state index contributed by atoms with van der Waals surface area (Å²) in [6, 6.07) is 0. The first-order valence-corrected chi connectivity index (χ1v) is 5.20. The van der Waals surface area contributed by atoms with E-state index in [1.165, 1.54) is 0 Å². The highest BCUT2D eigenvalue weighted by Gasteiger charge is 2.31. The molecule has 1 aliphatic carbocycles. The average molecular weight is 203 g/mol. The van der Waals surface area contributed by atoms with Crippen molar-refractivity contribution >= 4 is 11.7 Å². The third kappa shape index (κ3) is 1.94. The van der Waals surface area contributed by atoms with Gasteiger partial charge < -0.3 is 4.90 Å². The number of hydrogen-bond acceptors (Lipinski definition) is 2. The highest BCUT2D eigenvalue weighted by molar-refractivity contribution is 5.92. The Morgan fingerprint density at radius 1 is 1.40 bits per heavy atom. The first-order valence-electron chi connectivity index (χ1n) is 5.20. The minimum absolute atomic E-state index is 0.00966. The number of ketones is 1. The number of carbonyl (C=O) groups excluding carboxylic acids is 2. The maximum absolute atomic E-state index is 11.6. The van der Waals surface area contributed by atoms with Gasteiger partial charge in [-0.1, -0.05) is 0 Å². The summed E-state index contributed by atoms with van der Waals surface area (Å²) >= 11 is 0. The lowest BCUT2D eigenvalue weighted by Gasteiger charge is -2.22. The smallest absolute Gasteiger partial charge is 0.228 e. The Kier molecular flexibility index (Phi) is 2.59. The Morgan fingerprint density at radius 2 is 2.20 bits per heavy atom. The van der Waals surface area contributed by atoms with Crippen molar-refractivity contribution < 1.29 is 9.59 Å². The first kappa shape index (κ1) is 9.97. The van der Waals surface area contributed by atoms with Crippen LogP contribution in [-0.4, -0.2) is 23.1 Å². The van der Waals surface area contributed by atoms with Gasteiger partial charge >= 0.3 is 0 Å².